The third-order valence-corrected chi connectivity index (χ3v) is 4.23. The molecule has 1 aromatic heterocycles. The van der Waals surface area contributed by atoms with Crippen molar-refractivity contribution in [3.63, 3.8) is 0 Å². The topological polar surface area (TPSA) is 51.1 Å². The number of nitrogens with zero attached hydrogens (tertiary/aromatic N) is 1. The van der Waals surface area contributed by atoms with Gasteiger partial charge in [-0.1, -0.05) is 41.4 Å². The zero-order chi connectivity index (χ0) is 17.3. The first kappa shape index (κ1) is 16.6. The molecule has 2 aromatic carbocycles. The number of rotatable bonds is 4. The predicted octanol–water partition coefficient (Wildman–Crippen LogP) is 4.79. The van der Waals surface area contributed by atoms with E-state index in [1.165, 1.54) is 6.92 Å². The van der Waals surface area contributed by atoms with E-state index < -0.39 is 0 Å². The van der Waals surface area contributed by atoms with Crippen LogP contribution in [0.2, 0.25) is 10.0 Å². The summed E-state index contributed by atoms with van der Waals surface area (Å²) in [6, 6.07) is 12.4. The minimum atomic E-state index is -0.241. The predicted molar refractivity (Wildman–Crippen MR) is 97.0 cm³/mol. The van der Waals surface area contributed by atoms with Crippen LogP contribution in [0, 0.1) is 0 Å². The van der Waals surface area contributed by atoms with E-state index >= 15 is 0 Å². The summed E-state index contributed by atoms with van der Waals surface area (Å²) in [6.45, 7) is 1.59. The summed E-state index contributed by atoms with van der Waals surface area (Å²) < 4.78 is 1.76. The molecule has 122 valence electrons. The maximum atomic E-state index is 12.3. The van der Waals surface area contributed by atoms with Crippen molar-refractivity contribution in [2.75, 3.05) is 5.32 Å². The van der Waals surface area contributed by atoms with Crippen molar-refractivity contribution in [1.82, 2.24) is 4.57 Å². The van der Waals surface area contributed by atoms with Crippen molar-refractivity contribution in [1.29, 1.82) is 0 Å². The van der Waals surface area contributed by atoms with Crippen LogP contribution in [-0.2, 0) is 11.3 Å². The van der Waals surface area contributed by atoms with E-state index in [1.807, 2.05) is 24.3 Å². The number of ketones is 1. The van der Waals surface area contributed by atoms with Gasteiger partial charge in [-0.15, -0.1) is 0 Å². The highest BCUT2D eigenvalue weighted by Crippen LogP contribution is 2.26. The number of nitrogens with one attached hydrogen (secondary N) is 1. The average molecular weight is 361 g/mol. The van der Waals surface area contributed by atoms with Gasteiger partial charge >= 0.3 is 0 Å². The number of hydrogen-bond donors (Lipinski definition) is 1. The van der Waals surface area contributed by atoms with Crippen molar-refractivity contribution >= 4 is 51.5 Å². The maximum Gasteiger partial charge on any atom is 0.244 e. The second kappa shape index (κ2) is 6.67. The molecule has 1 amide bonds. The van der Waals surface area contributed by atoms with Crippen molar-refractivity contribution in [3.05, 3.63) is 64.3 Å². The quantitative estimate of drug-likeness (QED) is 0.680. The van der Waals surface area contributed by atoms with Crippen molar-refractivity contribution in [2.24, 2.45) is 0 Å². The summed E-state index contributed by atoms with van der Waals surface area (Å²) in [5.74, 6) is -0.277. The minimum absolute atomic E-state index is 0.0360. The Morgan fingerprint density at radius 2 is 1.88 bits per heavy atom. The summed E-state index contributed by atoms with van der Waals surface area (Å²) >= 11 is 11.9. The van der Waals surface area contributed by atoms with Gasteiger partial charge in [0.1, 0.15) is 6.54 Å². The Bertz CT molecular complexity index is 947. The molecular formula is C18H14Cl2N2O2. The number of carbonyl (C=O) groups is 2. The standard InChI is InChI=1S/C18H14Cl2N2O2/c1-11(23)14-9-22(17-5-3-2-4-13(14)17)10-18(24)21-16-7-6-12(19)8-15(16)20/h2-9H,10H2,1H3,(H,21,24). The van der Waals surface area contributed by atoms with Crippen LogP contribution in [0.5, 0.6) is 0 Å². The molecule has 0 atom stereocenters. The smallest absolute Gasteiger partial charge is 0.244 e. The molecule has 0 aliphatic heterocycles. The van der Waals surface area contributed by atoms with Crippen LogP contribution in [0.25, 0.3) is 10.9 Å². The molecule has 0 bridgehead atoms. The number of benzene rings is 2. The van der Waals surface area contributed by atoms with Gasteiger partial charge < -0.3 is 9.88 Å². The van der Waals surface area contributed by atoms with Gasteiger partial charge in [-0.3, -0.25) is 9.59 Å². The summed E-state index contributed by atoms with van der Waals surface area (Å²) in [7, 11) is 0. The van der Waals surface area contributed by atoms with Crippen LogP contribution in [0.1, 0.15) is 17.3 Å². The lowest BCUT2D eigenvalue weighted by Gasteiger charge is -2.09. The molecule has 6 heteroatoms. The molecule has 0 saturated carbocycles. The lowest BCUT2D eigenvalue weighted by atomic mass is 10.1. The van der Waals surface area contributed by atoms with E-state index in [4.69, 9.17) is 23.2 Å². The summed E-state index contributed by atoms with van der Waals surface area (Å²) in [5.41, 5.74) is 1.93. The molecule has 0 fully saturated rings. The number of fused-ring (bicyclic) bond motifs is 1. The van der Waals surface area contributed by atoms with Crippen LogP contribution in [0.4, 0.5) is 5.69 Å². The lowest BCUT2D eigenvalue weighted by Crippen LogP contribution is -2.18. The fourth-order valence-electron chi connectivity index (χ4n) is 2.59. The average Bonchev–Trinajstić information content (AvgIpc) is 2.89. The largest absolute Gasteiger partial charge is 0.337 e. The summed E-state index contributed by atoms with van der Waals surface area (Å²) in [5, 5.41) is 4.46. The first-order chi connectivity index (χ1) is 11.5. The summed E-state index contributed by atoms with van der Waals surface area (Å²) in [4.78, 5) is 24.1. The monoisotopic (exact) mass is 360 g/mol. The second-order valence-electron chi connectivity index (χ2n) is 5.42. The zero-order valence-electron chi connectivity index (χ0n) is 12.8. The van der Waals surface area contributed by atoms with Crippen LogP contribution in [-0.4, -0.2) is 16.3 Å². The number of hydrogen-bond acceptors (Lipinski definition) is 2. The first-order valence-corrected chi connectivity index (χ1v) is 8.05. The molecule has 0 spiro atoms. The molecule has 1 heterocycles. The molecule has 0 radical (unpaired) electrons. The number of carbonyl (C=O) groups excluding carboxylic acids is 2. The van der Waals surface area contributed by atoms with Gasteiger partial charge in [-0.05, 0) is 31.2 Å². The zero-order valence-corrected chi connectivity index (χ0v) is 14.4. The Morgan fingerprint density at radius 3 is 2.58 bits per heavy atom. The molecule has 0 aliphatic rings. The molecule has 4 nitrogen and oxygen atoms in total. The molecule has 24 heavy (non-hydrogen) atoms. The number of Topliss-reactive ketones (excluding diaryl/α,β-unsaturated/α-hetero) is 1. The third kappa shape index (κ3) is 3.30. The van der Waals surface area contributed by atoms with Crippen molar-refractivity contribution < 1.29 is 9.59 Å². The molecule has 0 unspecified atom stereocenters. The normalized spacial score (nSPS) is 10.8. The van der Waals surface area contributed by atoms with Gasteiger partial charge in [0.2, 0.25) is 5.91 Å². The highest BCUT2D eigenvalue weighted by molar-refractivity contribution is 6.36. The van der Waals surface area contributed by atoms with Crippen LogP contribution in [0.3, 0.4) is 0 Å². The fraction of sp³-hybridized carbons (Fsp3) is 0.111. The second-order valence-corrected chi connectivity index (χ2v) is 6.26. The van der Waals surface area contributed by atoms with Gasteiger partial charge in [-0.25, -0.2) is 0 Å². The molecular weight excluding hydrogens is 347 g/mol. The highest BCUT2D eigenvalue weighted by atomic mass is 35.5. The number of para-hydroxylation sites is 1. The Balaban J connectivity index is 1.87. The van der Waals surface area contributed by atoms with E-state index in [-0.39, 0.29) is 18.2 Å². The SMILES string of the molecule is CC(=O)c1cn(CC(=O)Nc2ccc(Cl)cc2Cl)c2ccccc12. The van der Waals surface area contributed by atoms with Crippen molar-refractivity contribution in [3.8, 4) is 0 Å². The molecule has 0 saturated heterocycles. The van der Waals surface area contributed by atoms with E-state index in [0.29, 0.717) is 21.3 Å². The Labute approximate surface area is 149 Å². The van der Waals surface area contributed by atoms with E-state index in [0.717, 1.165) is 10.9 Å². The number of anilines is 1. The van der Waals surface area contributed by atoms with E-state index in [2.05, 4.69) is 5.32 Å². The number of aromatic nitrogens is 1. The highest BCUT2D eigenvalue weighted by Gasteiger charge is 2.14. The van der Waals surface area contributed by atoms with Gasteiger partial charge in [0, 0.05) is 27.7 Å². The fourth-order valence-corrected chi connectivity index (χ4v) is 3.05. The van der Waals surface area contributed by atoms with E-state index in [9.17, 15) is 9.59 Å². The van der Waals surface area contributed by atoms with Gasteiger partial charge in [-0.2, -0.15) is 0 Å². The molecule has 1 N–H and O–H groups in total. The lowest BCUT2D eigenvalue weighted by molar-refractivity contribution is -0.116. The van der Waals surface area contributed by atoms with Gasteiger partial charge in [0.25, 0.3) is 0 Å². The number of amides is 1. The van der Waals surface area contributed by atoms with E-state index in [1.54, 1.807) is 29.0 Å². The Hall–Kier alpha value is -2.30. The van der Waals surface area contributed by atoms with Gasteiger partial charge in [0.05, 0.1) is 10.7 Å². The molecule has 0 aliphatic carbocycles. The van der Waals surface area contributed by atoms with Crippen LogP contribution in [0.15, 0.2) is 48.7 Å². The maximum absolute atomic E-state index is 12.3. The number of halogens is 2. The third-order valence-electron chi connectivity index (χ3n) is 3.69. The first-order valence-electron chi connectivity index (χ1n) is 7.29. The molecule has 3 rings (SSSR count). The Kier molecular flexibility index (Phi) is 4.60. The molecule has 3 aromatic rings. The van der Waals surface area contributed by atoms with Crippen molar-refractivity contribution in [2.45, 2.75) is 13.5 Å². The van der Waals surface area contributed by atoms with Crippen LogP contribution >= 0.6 is 23.2 Å². The van der Waals surface area contributed by atoms with Crippen LogP contribution < -0.4 is 5.32 Å². The summed E-state index contributed by atoms with van der Waals surface area (Å²) in [6.07, 6.45) is 1.70. The Morgan fingerprint density at radius 1 is 1.12 bits per heavy atom. The minimum Gasteiger partial charge on any atom is -0.337 e. The van der Waals surface area contributed by atoms with Gasteiger partial charge in [0.15, 0.2) is 5.78 Å².